The van der Waals surface area contributed by atoms with Crippen LogP contribution in [-0.2, 0) is 6.42 Å². The van der Waals surface area contributed by atoms with Gasteiger partial charge in [0.05, 0.1) is 16.4 Å². The molecule has 94 valence electrons. The highest BCUT2D eigenvalue weighted by atomic mass is 16.6. The van der Waals surface area contributed by atoms with Crippen LogP contribution >= 0.6 is 0 Å². The summed E-state index contributed by atoms with van der Waals surface area (Å²) in [6.07, 6.45) is 3.66. The minimum Gasteiger partial charge on any atom is -0.258 e. The maximum absolute atomic E-state index is 10.6. The van der Waals surface area contributed by atoms with Crippen molar-refractivity contribution in [3.05, 3.63) is 39.9 Å². The molecule has 1 fully saturated rings. The molecule has 0 aromatic heterocycles. The van der Waals surface area contributed by atoms with E-state index in [1.54, 1.807) is 12.1 Å². The van der Waals surface area contributed by atoms with Crippen molar-refractivity contribution < 1.29 is 4.92 Å². The number of nitro groups is 1. The SMILES string of the molecule is CC1CCC(C#N)(Cc2ccc([N+](=O)[O-])cc2)C1. The first kappa shape index (κ1) is 12.6. The molecule has 0 spiro atoms. The molecule has 2 unspecified atom stereocenters. The van der Waals surface area contributed by atoms with Crippen LogP contribution in [0.5, 0.6) is 0 Å². The molecule has 1 aromatic rings. The van der Waals surface area contributed by atoms with Crippen molar-refractivity contribution in [1.82, 2.24) is 0 Å². The Balaban J connectivity index is 2.14. The average Bonchev–Trinajstić information content (AvgIpc) is 2.72. The number of hydrogen-bond donors (Lipinski definition) is 0. The Kier molecular flexibility index (Phi) is 3.33. The second kappa shape index (κ2) is 4.77. The summed E-state index contributed by atoms with van der Waals surface area (Å²) in [5, 5.41) is 20.0. The molecule has 4 nitrogen and oxygen atoms in total. The lowest BCUT2D eigenvalue weighted by molar-refractivity contribution is -0.384. The Morgan fingerprint density at radius 3 is 2.61 bits per heavy atom. The molecule has 1 aliphatic carbocycles. The standard InChI is InChI=1S/C14H16N2O2/c1-11-6-7-14(8-11,10-15)9-12-2-4-13(5-3-12)16(17)18/h2-5,11H,6-9H2,1H3. The molecule has 1 aliphatic rings. The van der Waals surface area contributed by atoms with Gasteiger partial charge in [0.15, 0.2) is 0 Å². The van der Waals surface area contributed by atoms with E-state index in [1.807, 2.05) is 0 Å². The van der Waals surface area contributed by atoms with Crippen LogP contribution < -0.4 is 0 Å². The van der Waals surface area contributed by atoms with Crippen molar-refractivity contribution in [3.63, 3.8) is 0 Å². The van der Waals surface area contributed by atoms with E-state index in [9.17, 15) is 15.4 Å². The summed E-state index contributed by atoms with van der Waals surface area (Å²) in [4.78, 5) is 10.2. The van der Waals surface area contributed by atoms with Gasteiger partial charge in [0.25, 0.3) is 5.69 Å². The van der Waals surface area contributed by atoms with E-state index in [0.717, 1.165) is 24.8 Å². The molecule has 0 radical (unpaired) electrons. The number of hydrogen-bond acceptors (Lipinski definition) is 3. The maximum Gasteiger partial charge on any atom is 0.269 e. The lowest BCUT2D eigenvalue weighted by Gasteiger charge is -2.20. The Bertz CT molecular complexity index is 490. The van der Waals surface area contributed by atoms with Crippen molar-refractivity contribution >= 4 is 5.69 Å². The number of nitriles is 1. The molecule has 4 heteroatoms. The van der Waals surface area contributed by atoms with E-state index in [0.29, 0.717) is 12.3 Å². The van der Waals surface area contributed by atoms with Crippen molar-refractivity contribution in [2.75, 3.05) is 0 Å². The van der Waals surface area contributed by atoms with Gasteiger partial charge in [-0.15, -0.1) is 0 Å². The van der Waals surface area contributed by atoms with Crippen LogP contribution in [0.3, 0.4) is 0 Å². The molecule has 1 aromatic carbocycles. The third-order valence-electron chi connectivity index (χ3n) is 3.78. The first-order valence-corrected chi connectivity index (χ1v) is 6.19. The van der Waals surface area contributed by atoms with Gasteiger partial charge in [0.1, 0.15) is 0 Å². The fraction of sp³-hybridized carbons (Fsp3) is 0.500. The fourth-order valence-corrected chi connectivity index (χ4v) is 2.82. The normalized spacial score (nSPS) is 26.8. The van der Waals surface area contributed by atoms with Gasteiger partial charge in [-0.2, -0.15) is 5.26 Å². The highest BCUT2D eigenvalue weighted by Gasteiger charge is 2.37. The molecule has 2 rings (SSSR count). The maximum atomic E-state index is 10.6. The quantitative estimate of drug-likeness (QED) is 0.604. The second-order valence-electron chi connectivity index (χ2n) is 5.34. The van der Waals surface area contributed by atoms with Gasteiger partial charge in [-0.1, -0.05) is 19.1 Å². The van der Waals surface area contributed by atoms with Gasteiger partial charge in [-0.05, 0) is 37.2 Å². The van der Waals surface area contributed by atoms with Gasteiger partial charge in [0, 0.05) is 12.1 Å². The Hall–Kier alpha value is -1.89. The largest absolute Gasteiger partial charge is 0.269 e. The number of nitro benzene ring substituents is 1. The van der Waals surface area contributed by atoms with Gasteiger partial charge in [-0.25, -0.2) is 0 Å². The van der Waals surface area contributed by atoms with E-state index in [2.05, 4.69) is 13.0 Å². The molecule has 0 N–H and O–H groups in total. The molecule has 0 aliphatic heterocycles. The van der Waals surface area contributed by atoms with E-state index in [4.69, 9.17) is 0 Å². The molecule has 0 amide bonds. The van der Waals surface area contributed by atoms with Crippen LogP contribution in [0.15, 0.2) is 24.3 Å². The minimum atomic E-state index is -0.401. The summed E-state index contributed by atoms with van der Waals surface area (Å²) in [6.45, 7) is 2.18. The lowest BCUT2D eigenvalue weighted by atomic mass is 9.81. The Morgan fingerprint density at radius 1 is 1.50 bits per heavy atom. The number of non-ortho nitro benzene ring substituents is 1. The molecule has 18 heavy (non-hydrogen) atoms. The molecular weight excluding hydrogens is 228 g/mol. The van der Waals surface area contributed by atoms with Crippen molar-refractivity contribution in [3.8, 4) is 6.07 Å². The monoisotopic (exact) mass is 244 g/mol. The fourth-order valence-electron chi connectivity index (χ4n) is 2.82. The summed E-state index contributed by atoms with van der Waals surface area (Å²) in [5.41, 5.74) is 0.844. The third-order valence-corrected chi connectivity index (χ3v) is 3.78. The van der Waals surface area contributed by atoms with Crippen LogP contribution in [0.4, 0.5) is 5.69 Å². The minimum absolute atomic E-state index is 0.101. The van der Waals surface area contributed by atoms with Crippen LogP contribution in [0, 0.1) is 32.8 Å². The molecule has 0 saturated heterocycles. The lowest BCUT2D eigenvalue weighted by Crippen LogP contribution is -2.17. The predicted molar refractivity (Wildman–Crippen MR) is 67.9 cm³/mol. The summed E-state index contributed by atoms with van der Waals surface area (Å²) < 4.78 is 0. The van der Waals surface area contributed by atoms with Gasteiger partial charge in [-0.3, -0.25) is 10.1 Å². The van der Waals surface area contributed by atoms with Crippen LogP contribution in [0.1, 0.15) is 31.7 Å². The third kappa shape index (κ3) is 2.51. The van der Waals surface area contributed by atoms with E-state index in [1.165, 1.54) is 12.1 Å². The van der Waals surface area contributed by atoms with Crippen LogP contribution in [0.2, 0.25) is 0 Å². The van der Waals surface area contributed by atoms with Gasteiger partial charge < -0.3 is 0 Å². The number of nitrogens with zero attached hydrogens (tertiary/aromatic N) is 2. The zero-order chi connectivity index (χ0) is 13.2. The summed E-state index contributed by atoms with van der Waals surface area (Å²) >= 11 is 0. The number of benzene rings is 1. The summed E-state index contributed by atoms with van der Waals surface area (Å²) in [5.74, 6) is 0.600. The zero-order valence-electron chi connectivity index (χ0n) is 10.4. The van der Waals surface area contributed by atoms with Gasteiger partial charge >= 0.3 is 0 Å². The van der Waals surface area contributed by atoms with E-state index < -0.39 is 4.92 Å². The topological polar surface area (TPSA) is 66.9 Å². The molecule has 1 saturated carbocycles. The molecule has 2 atom stereocenters. The molecular formula is C14H16N2O2. The summed E-state index contributed by atoms with van der Waals surface area (Å²) in [6, 6.07) is 9.01. The van der Waals surface area contributed by atoms with Crippen molar-refractivity contribution in [2.24, 2.45) is 11.3 Å². The predicted octanol–water partition coefficient (Wildman–Crippen LogP) is 3.47. The highest BCUT2D eigenvalue weighted by Crippen LogP contribution is 2.43. The smallest absolute Gasteiger partial charge is 0.258 e. The van der Waals surface area contributed by atoms with E-state index >= 15 is 0 Å². The van der Waals surface area contributed by atoms with E-state index in [-0.39, 0.29) is 11.1 Å². The highest BCUT2D eigenvalue weighted by molar-refractivity contribution is 5.34. The Labute approximate surface area is 106 Å². The number of rotatable bonds is 3. The Morgan fingerprint density at radius 2 is 2.17 bits per heavy atom. The van der Waals surface area contributed by atoms with Crippen molar-refractivity contribution in [1.29, 1.82) is 5.26 Å². The molecule has 0 bridgehead atoms. The van der Waals surface area contributed by atoms with Crippen LogP contribution in [-0.4, -0.2) is 4.92 Å². The summed E-state index contributed by atoms with van der Waals surface area (Å²) in [7, 11) is 0. The van der Waals surface area contributed by atoms with Crippen LogP contribution in [0.25, 0.3) is 0 Å². The second-order valence-corrected chi connectivity index (χ2v) is 5.34. The first-order valence-electron chi connectivity index (χ1n) is 6.19. The first-order chi connectivity index (χ1) is 8.54. The van der Waals surface area contributed by atoms with Crippen molar-refractivity contribution in [2.45, 2.75) is 32.6 Å². The molecule has 0 heterocycles. The average molecular weight is 244 g/mol. The van der Waals surface area contributed by atoms with Gasteiger partial charge in [0.2, 0.25) is 0 Å². The zero-order valence-corrected chi connectivity index (χ0v) is 10.4.